The molecular weight excluding hydrogens is 170 g/mol. The summed E-state index contributed by atoms with van der Waals surface area (Å²) in [5.74, 6) is 0.771. The first-order valence-electron chi connectivity index (χ1n) is 5.57. The van der Waals surface area contributed by atoms with Gasteiger partial charge in [0.15, 0.2) is 0 Å². The van der Waals surface area contributed by atoms with Crippen LogP contribution in [0.15, 0.2) is 30.3 Å². The van der Waals surface area contributed by atoms with Gasteiger partial charge in [0.1, 0.15) is 0 Å². The highest BCUT2D eigenvalue weighted by Crippen LogP contribution is 2.46. The minimum Gasteiger partial charge on any atom is -0.325 e. The molecule has 2 rings (SSSR count). The summed E-state index contributed by atoms with van der Waals surface area (Å²) in [5, 5.41) is 0. The molecule has 1 aromatic carbocycles. The third-order valence-electron chi connectivity index (χ3n) is 3.29. The molecule has 1 heteroatoms. The standard InChI is InChI=1S/C13H19N/c1-2-6-12-10-13(12,14)9-11-7-4-3-5-8-11/h3-5,7-8,12H,2,6,9-10,14H2,1H3. The van der Waals surface area contributed by atoms with Gasteiger partial charge in [0, 0.05) is 5.54 Å². The Hall–Kier alpha value is -0.820. The van der Waals surface area contributed by atoms with Crippen molar-refractivity contribution in [3.8, 4) is 0 Å². The summed E-state index contributed by atoms with van der Waals surface area (Å²) in [5.41, 5.74) is 7.81. The van der Waals surface area contributed by atoms with Crippen LogP contribution in [0.2, 0.25) is 0 Å². The molecule has 2 N–H and O–H groups in total. The topological polar surface area (TPSA) is 26.0 Å². The van der Waals surface area contributed by atoms with Crippen molar-refractivity contribution in [1.82, 2.24) is 0 Å². The third-order valence-corrected chi connectivity index (χ3v) is 3.29. The van der Waals surface area contributed by atoms with Crippen molar-refractivity contribution >= 4 is 0 Å². The van der Waals surface area contributed by atoms with Gasteiger partial charge in [-0.1, -0.05) is 43.7 Å². The lowest BCUT2D eigenvalue weighted by molar-refractivity contribution is 0.556. The zero-order valence-corrected chi connectivity index (χ0v) is 8.87. The number of rotatable bonds is 4. The molecule has 0 saturated heterocycles. The summed E-state index contributed by atoms with van der Waals surface area (Å²) in [4.78, 5) is 0. The van der Waals surface area contributed by atoms with Crippen LogP contribution >= 0.6 is 0 Å². The van der Waals surface area contributed by atoms with E-state index in [1.165, 1.54) is 24.8 Å². The average Bonchev–Trinajstić information content (AvgIpc) is 2.78. The van der Waals surface area contributed by atoms with Crippen molar-refractivity contribution < 1.29 is 0 Å². The van der Waals surface area contributed by atoms with Crippen LogP contribution in [0.4, 0.5) is 0 Å². The van der Waals surface area contributed by atoms with Crippen LogP contribution in [0.25, 0.3) is 0 Å². The second-order valence-electron chi connectivity index (χ2n) is 4.59. The van der Waals surface area contributed by atoms with E-state index in [9.17, 15) is 0 Å². The molecule has 76 valence electrons. The van der Waals surface area contributed by atoms with Gasteiger partial charge in [0.05, 0.1) is 0 Å². The fourth-order valence-electron chi connectivity index (χ4n) is 2.33. The minimum atomic E-state index is 0.122. The van der Waals surface area contributed by atoms with E-state index in [4.69, 9.17) is 5.73 Å². The van der Waals surface area contributed by atoms with Gasteiger partial charge in [-0.3, -0.25) is 0 Å². The zero-order chi connectivity index (χ0) is 10.0. The molecule has 0 aromatic heterocycles. The van der Waals surface area contributed by atoms with Gasteiger partial charge in [0.2, 0.25) is 0 Å². The Labute approximate surface area is 86.3 Å². The van der Waals surface area contributed by atoms with Gasteiger partial charge in [-0.2, -0.15) is 0 Å². The van der Waals surface area contributed by atoms with E-state index >= 15 is 0 Å². The maximum atomic E-state index is 6.31. The van der Waals surface area contributed by atoms with Gasteiger partial charge in [-0.15, -0.1) is 0 Å². The molecule has 1 fully saturated rings. The Bertz CT molecular complexity index is 293. The fraction of sp³-hybridized carbons (Fsp3) is 0.538. The highest BCUT2D eigenvalue weighted by Gasteiger charge is 2.49. The smallest absolute Gasteiger partial charge is 0.0227 e. The zero-order valence-electron chi connectivity index (χ0n) is 8.87. The highest BCUT2D eigenvalue weighted by molar-refractivity contribution is 5.22. The first kappa shape index (κ1) is 9.72. The Balaban J connectivity index is 1.94. The SMILES string of the molecule is CCCC1CC1(N)Cc1ccccc1. The molecule has 0 spiro atoms. The van der Waals surface area contributed by atoms with Gasteiger partial charge in [-0.05, 0) is 30.7 Å². The summed E-state index contributed by atoms with van der Waals surface area (Å²) >= 11 is 0. The van der Waals surface area contributed by atoms with Crippen molar-refractivity contribution in [2.24, 2.45) is 11.7 Å². The van der Waals surface area contributed by atoms with E-state index in [1.807, 2.05) is 0 Å². The Morgan fingerprint density at radius 2 is 2.07 bits per heavy atom. The number of hydrogen-bond acceptors (Lipinski definition) is 1. The third kappa shape index (κ3) is 1.98. The van der Waals surface area contributed by atoms with Crippen LogP contribution in [-0.4, -0.2) is 5.54 Å². The molecule has 0 radical (unpaired) electrons. The fourth-order valence-corrected chi connectivity index (χ4v) is 2.33. The predicted molar refractivity (Wildman–Crippen MR) is 60.1 cm³/mol. The molecule has 0 amide bonds. The molecular formula is C13H19N. The molecule has 0 bridgehead atoms. The molecule has 0 aliphatic heterocycles. The van der Waals surface area contributed by atoms with Gasteiger partial charge in [0.25, 0.3) is 0 Å². The van der Waals surface area contributed by atoms with Crippen molar-refractivity contribution in [2.45, 2.75) is 38.1 Å². The summed E-state index contributed by atoms with van der Waals surface area (Å²) in [7, 11) is 0. The molecule has 1 aliphatic rings. The summed E-state index contributed by atoms with van der Waals surface area (Å²) in [6.07, 6.45) is 4.83. The van der Waals surface area contributed by atoms with Crippen LogP contribution in [0.5, 0.6) is 0 Å². The summed E-state index contributed by atoms with van der Waals surface area (Å²) < 4.78 is 0. The number of nitrogens with two attached hydrogens (primary N) is 1. The lowest BCUT2D eigenvalue weighted by Crippen LogP contribution is -2.27. The highest BCUT2D eigenvalue weighted by atomic mass is 14.9. The largest absolute Gasteiger partial charge is 0.325 e. The Kier molecular flexibility index (Phi) is 2.60. The molecule has 2 unspecified atom stereocenters. The van der Waals surface area contributed by atoms with Gasteiger partial charge >= 0.3 is 0 Å². The van der Waals surface area contributed by atoms with E-state index in [-0.39, 0.29) is 5.54 Å². The minimum absolute atomic E-state index is 0.122. The maximum absolute atomic E-state index is 6.31. The van der Waals surface area contributed by atoms with Crippen LogP contribution in [0.3, 0.4) is 0 Å². The van der Waals surface area contributed by atoms with Crippen molar-refractivity contribution in [1.29, 1.82) is 0 Å². The second kappa shape index (κ2) is 3.74. The Morgan fingerprint density at radius 1 is 1.36 bits per heavy atom. The summed E-state index contributed by atoms with van der Waals surface area (Å²) in [6, 6.07) is 10.6. The molecule has 1 aromatic rings. The van der Waals surface area contributed by atoms with E-state index in [0.29, 0.717) is 0 Å². The van der Waals surface area contributed by atoms with Crippen molar-refractivity contribution in [3.05, 3.63) is 35.9 Å². The quantitative estimate of drug-likeness (QED) is 0.774. The molecule has 1 saturated carbocycles. The molecule has 1 nitrogen and oxygen atoms in total. The molecule has 14 heavy (non-hydrogen) atoms. The average molecular weight is 189 g/mol. The normalized spacial score (nSPS) is 30.3. The molecule has 0 heterocycles. The van der Waals surface area contributed by atoms with Crippen molar-refractivity contribution in [3.63, 3.8) is 0 Å². The molecule has 2 atom stereocenters. The van der Waals surface area contributed by atoms with Crippen LogP contribution in [-0.2, 0) is 6.42 Å². The Morgan fingerprint density at radius 3 is 2.71 bits per heavy atom. The van der Waals surface area contributed by atoms with Gasteiger partial charge in [-0.25, -0.2) is 0 Å². The predicted octanol–water partition coefficient (Wildman–Crippen LogP) is 2.75. The van der Waals surface area contributed by atoms with Gasteiger partial charge < -0.3 is 5.73 Å². The van der Waals surface area contributed by atoms with E-state index in [1.54, 1.807) is 0 Å². The number of benzene rings is 1. The van der Waals surface area contributed by atoms with E-state index in [0.717, 1.165) is 12.3 Å². The number of hydrogen-bond donors (Lipinski definition) is 1. The molecule has 1 aliphatic carbocycles. The lowest BCUT2D eigenvalue weighted by atomic mass is 10.0. The maximum Gasteiger partial charge on any atom is 0.0227 e. The first-order chi connectivity index (χ1) is 6.74. The first-order valence-corrected chi connectivity index (χ1v) is 5.57. The van der Waals surface area contributed by atoms with Crippen LogP contribution in [0.1, 0.15) is 31.7 Å². The summed E-state index contributed by atoms with van der Waals surface area (Å²) in [6.45, 7) is 2.24. The van der Waals surface area contributed by atoms with Crippen LogP contribution < -0.4 is 5.73 Å². The second-order valence-corrected chi connectivity index (χ2v) is 4.59. The van der Waals surface area contributed by atoms with Crippen molar-refractivity contribution in [2.75, 3.05) is 0 Å². The lowest BCUT2D eigenvalue weighted by Gasteiger charge is -2.11. The van der Waals surface area contributed by atoms with E-state index < -0.39 is 0 Å². The van der Waals surface area contributed by atoms with Crippen LogP contribution in [0, 0.1) is 5.92 Å². The monoisotopic (exact) mass is 189 g/mol. The van der Waals surface area contributed by atoms with E-state index in [2.05, 4.69) is 37.3 Å².